The number of ether oxygens (including phenoxy) is 3. The van der Waals surface area contributed by atoms with Crippen molar-refractivity contribution < 1.29 is 24.1 Å². The van der Waals surface area contributed by atoms with E-state index in [4.69, 9.17) is 37.4 Å². The molecule has 1 unspecified atom stereocenters. The van der Waals surface area contributed by atoms with Gasteiger partial charge >= 0.3 is 5.97 Å². The number of carboxylic acid groups (broad SMARTS) is 1. The Kier molecular flexibility index (Phi) is 6.48. The Morgan fingerprint density at radius 3 is 2.72 bits per heavy atom. The summed E-state index contributed by atoms with van der Waals surface area (Å²) in [5.74, 6) is -0.186. The number of aromatic nitrogens is 1. The van der Waals surface area contributed by atoms with Crippen molar-refractivity contribution in [1.29, 1.82) is 0 Å². The molecule has 0 amide bonds. The van der Waals surface area contributed by atoms with Crippen molar-refractivity contribution >= 4 is 40.5 Å². The number of methoxy groups -OCH3 is 1. The molecule has 0 saturated carbocycles. The van der Waals surface area contributed by atoms with Crippen LogP contribution in [0, 0.1) is 6.92 Å². The highest BCUT2D eigenvalue weighted by atomic mass is 35.5. The number of aromatic carboxylic acids is 1. The number of carboxylic acids is 1. The zero-order valence-electron chi connectivity index (χ0n) is 17.2. The highest BCUT2D eigenvalue weighted by Crippen LogP contribution is 2.46. The minimum Gasteiger partial charge on any atom is -0.493 e. The quantitative estimate of drug-likeness (QED) is 0.450. The second kappa shape index (κ2) is 9.15. The molecular weight excluding hydrogens is 477 g/mol. The number of pyridine rings is 1. The van der Waals surface area contributed by atoms with Crippen molar-refractivity contribution in [1.82, 2.24) is 4.57 Å². The van der Waals surface area contributed by atoms with E-state index in [2.05, 4.69) is 0 Å². The van der Waals surface area contributed by atoms with Crippen molar-refractivity contribution in [2.45, 2.75) is 19.6 Å². The number of hydrogen-bond acceptors (Lipinski definition) is 6. The summed E-state index contributed by atoms with van der Waals surface area (Å²) in [5.41, 5.74) is 1.62. The van der Waals surface area contributed by atoms with Crippen LogP contribution in [-0.2, 0) is 4.74 Å². The third kappa shape index (κ3) is 4.11. The summed E-state index contributed by atoms with van der Waals surface area (Å²) in [4.78, 5) is 24.1. The van der Waals surface area contributed by atoms with Gasteiger partial charge in [-0.15, -0.1) is 11.3 Å². The lowest BCUT2D eigenvalue weighted by molar-refractivity contribution is 0.0693. The van der Waals surface area contributed by atoms with Crippen molar-refractivity contribution in [3.63, 3.8) is 0 Å². The smallest absolute Gasteiger partial charge is 0.341 e. The van der Waals surface area contributed by atoms with Crippen molar-refractivity contribution in [2.75, 3.05) is 20.3 Å². The van der Waals surface area contributed by atoms with E-state index in [9.17, 15) is 14.7 Å². The highest BCUT2D eigenvalue weighted by molar-refractivity contribution is 7.15. The fourth-order valence-electron chi connectivity index (χ4n) is 3.52. The molecule has 4 rings (SSSR count). The first-order chi connectivity index (χ1) is 15.3. The summed E-state index contributed by atoms with van der Waals surface area (Å²) in [6.45, 7) is 2.95. The van der Waals surface area contributed by atoms with Crippen LogP contribution in [0.15, 0.2) is 34.6 Å². The van der Waals surface area contributed by atoms with Gasteiger partial charge in [0.15, 0.2) is 5.43 Å². The van der Waals surface area contributed by atoms with Gasteiger partial charge in [-0.3, -0.25) is 4.79 Å². The van der Waals surface area contributed by atoms with Crippen molar-refractivity contribution in [2.24, 2.45) is 0 Å². The fraction of sp³-hybridized carbons (Fsp3) is 0.273. The molecule has 10 heteroatoms. The number of nitrogens with zero attached hydrogens (tertiary/aromatic N) is 1. The first-order valence-corrected chi connectivity index (χ1v) is 11.3. The van der Waals surface area contributed by atoms with Gasteiger partial charge in [0, 0.05) is 55.0 Å². The van der Waals surface area contributed by atoms with Gasteiger partial charge in [0.05, 0.1) is 17.3 Å². The lowest BCUT2D eigenvalue weighted by Crippen LogP contribution is -2.27. The van der Waals surface area contributed by atoms with Crippen LogP contribution in [0.3, 0.4) is 0 Å². The average molecular weight is 496 g/mol. The Morgan fingerprint density at radius 1 is 1.28 bits per heavy atom. The Hall–Kier alpha value is -2.52. The zero-order valence-corrected chi connectivity index (χ0v) is 19.5. The third-order valence-corrected chi connectivity index (χ3v) is 6.94. The summed E-state index contributed by atoms with van der Waals surface area (Å²) in [6, 6.07) is 4.93. The lowest BCUT2D eigenvalue weighted by atomic mass is 10.0. The molecule has 3 heterocycles. The van der Waals surface area contributed by atoms with Gasteiger partial charge in [0.2, 0.25) is 6.23 Å². The molecule has 2 aromatic heterocycles. The van der Waals surface area contributed by atoms with Gasteiger partial charge in [0.1, 0.15) is 21.4 Å². The molecule has 0 saturated heterocycles. The molecule has 0 aliphatic carbocycles. The molecule has 32 heavy (non-hydrogen) atoms. The molecule has 0 radical (unpaired) electrons. The summed E-state index contributed by atoms with van der Waals surface area (Å²) in [6.07, 6.45) is 1.20. The number of hydrogen-bond donors (Lipinski definition) is 1. The Balaban J connectivity index is 1.85. The number of thiophene rings is 1. The zero-order chi connectivity index (χ0) is 23.0. The number of rotatable bonds is 7. The average Bonchev–Trinajstić information content (AvgIpc) is 3.09. The normalized spacial score (nSPS) is 14.4. The largest absolute Gasteiger partial charge is 0.493 e. The van der Waals surface area contributed by atoms with Crippen LogP contribution >= 0.6 is 34.5 Å². The maximum absolute atomic E-state index is 12.5. The topological polar surface area (TPSA) is 87.0 Å². The van der Waals surface area contributed by atoms with Gasteiger partial charge in [-0.25, -0.2) is 4.79 Å². The predicted molar refractivity (Wildman–Crippen MR) is 123 cm³/mol. The summed E-state index contributed by atoms with van der Waals surface area (Å²) in [7, 11) is 1.63. The molecule has 1 aliphatic heterocycles. The maximum Gasteiger partial charge on any atom is 0.341 e. The molecular formula is C22H19Cl2NO6S. The predicted octanol–water partition coefficient (Wildman–Crippen LogP) is 5.24. The van der Waals surface area contributed by atoms with E-state index in [-0.39, 0.29) is 5.56 Å². The molecule has 1 N–H and O–H groups in total. The maximum atomic E-state index is 12.5. The molecule has 0 spiro atoms. The van der Waals surface area contributed by atoms with E-state index in [1.165, 1.54) is 23.6 Å². The van der Waals surface area contributed by atoms with Gasteiger partial charge in [-0.1, -0.05) is 23.2 Å². The standard InChI is InChI=1S/C22H19Cl2NO6S/c1-11-6-12-15-7-16(26)13(22(27)28)9-25(15)21(14-10-32-20(24)19(14)23)31-18(12)8-17(11)30-5-3-4-29-2/h6-10,21H,3-5H2,1-2H3,(H,27,28). The van der Waals surface area contributed by atoms with Crippen molar-refractivity contribution in [3.05, 3.63) is 66.0 Å². The fourth-order valence-corrected chi connectivity index (χ4v) is 4.79. The molecule has 1 aliphatic rings. The lowest BCUT2D eigenvalue weighted by Gasteiger charge is -2.32. The van der Waals surface area contributed by atoms with E-state index in [0.717, 1.165) is 12.0 Å². The minimum atomic E-state index is -1.32. The number of fused-ring (bicyclic) bond motifs is 3. The van der Waals surface area contributed by atoms with Crippen LogP contribution in [0.5, 0.6) is 11.5 Å². The second-order valence-corrected chi connectivity index (χ2v) is 9.07. The van der Waals surface area contributed by atoms with Crippen LogP contribution in [-0.4, -0.2) is 36.0 Å². The summed E-state index contributed by atoms with van der Waals surface area (Å²) >= 11 is 13.8. The van der Waals surface area contributed by atoms with Crippen LogP contribution < -0.4 is 14.9 Å². The SMILES string of the molecule is COCCCOc1cc2c(cc1C)-c1cc(=O)c(C(=O)O)cn1C(c1csc(Cl)c1Cl)O2. The number of benzene rings is 1. The van der Waals surface area contributed by atoms with E-state index in [1.807, 2.05) is 13.0 Å². The molecule has 7 nitrogen and oxygen atoms in total. The molecule has 0 bridgehead atoms. The highest BCUT2D eigenvalue weighted by Gasteiger charge is 2.31. The van der Waals surface area contributed by atoms with Crippen LogP contribution in [0.4, 0.5) is 0 Å². The number of carbonyl (C=O) groups is 1. The molecule has 0 fully saturated rings. The monoisotopic (exact) mass is 495 g/mol. The van der Waals surface area contributed by atoms with Gasteiger partial charge in [-0.05, 0) is 18.6 Å². The Morgan fingerprint density at radius 2 is 2.06 bits per heavy atom. The third-order valence-electron chi connectivity index (χ3n) is 5.09. The van der Waals surface area contributed by atoms with Gasteiger partial charge in [-0.2, -0.15) is 0 Å². The Bertz CT molecular complexity index is 1250. The van der Waals surface area contributed by atoms with Crippen LogP contribution in [0.25, 0.3) is 11.3 Å². The van der Waals surface area contributed by atoms with E-state index in [1.54, 1.807) is 23.1 Å². The molecule has 1 aromatic carbocycles. The molecule has 3 aromatic rings. The van der Waals surface area contributed by atoms with E-state index < -0.39 is 17.6 Å². The van der Waals surface area contributed by atoms with Crippen molar-refractivity contribution in [3.8, 4) is 22.8 Å². The molecule has 1 atom stereocenters. The van der Waals surface area contributed by atoms with E-state index in [0.29, 0.717) is 50.9 Å². The minimum absolute atomic E-state index is 0.315. The van der Waals surface area contributed by atoms with Gasteiger partial charge < -0.3 is 23.9 Å². The first kappa shape index (κ1) is 22.7. The Labute approximate surface area is 197 Å². The summed E-state index contributed by atoms with van der Waals surface area (Å²) < 4.78 is 19.2. The summed E-state index contributed by atoms with van der Waals surface area (Å²) in [5, 5.41) is 11.5. The second-order valence-electron chi connectivity index (χ2n) is 7.21. The number of aryl methyl sites for hydroxylation is 1. The number of halogens is 2. The van der Waals surface area contributed by atoms with Gasteiger partial charge in [0.25, 0.3) is 0 Å². The van der Waals surface area contributed by atoms with Crippen LogP contribution in [0.2, 0.25) is 9.36 Å². The first-order valence-electron chi connectivity index (χ1n) is 9.67. The molecule has 168 valence electrons. The van der Waals surface area contributed by atoms with Crippen LogP contribution in [0.1, 0.15) is 34.1 Å². The van der Waals surface area contributed by atoms with E-state index >= 15 is 0 Å².